The number of halogens is 1. The van der Waals surface area contributed by atoms with Gasteiger partial charge < -0.3 is 10.4 Å². The minimum absolute atomic E-state index is 0.132. The number of rotatable bonds is 6. The van der Waals surface area contributed by atoms with Crippen molar-refractivity contribution < 1.29 is 9.50 Å². The minimum atomic E-state index is -0.613. The second-order valence-electron chi connectivity index (χ2n) is 5.60. The second kappa shape index (κ2) is 7.34. The maximum absolute atomic E-state index is 13.7. The van der Waals surface area contributed by atoms with Crippen LogP contribution in [0, 0.1) is 11.7 Å². The maximum atomic E-state index is 13.7. The molecule has 2 N–H and O–H groups in total. The maximum Gasteiger partial charge on any atom is 0.127 e. The monoisotopic (exact) mass is 287 g/mol. The van der Waals surface area contributed by atoms with E-state index in [0.29, 0.717) is 12.1 Å². The molecule has 0 aliphatic carbocycles. The molecule has 2 aromatic carbocycles. The van der Waals surface area contributed by atoms with Crippen LogP contribution in [0.25, 0.3) is 0 Å². The van der Waals surface area contributed by atoms with Crippen molar-refractivity contribution in [1.29, 1.82) is 0 Å². The van der Waals surface area contributed by atoms with Gasteiger partial charge in [-0.15, -0.1) is 0 Å². The third-order valence-electron chi connectivity index (χ3n) is 3.69. The van der Waals surface area contributed by atoms with Crippen LogP contribution in [0.2, 0.25) is 0 Å². The van der Waals surface area contributed by atoms with Crippen LogP contribution in [-0.2, 0) is 6.54 Å². The van der Waals surface area contributed by atoms with Crippen LogP contribution in [0.15, 0.2) is 54.6 Å². The lowest BCUT2D eigenvalue weighted by molar-refractivity contribution is 0.104. The molecule has 3 heteroatoms. The van der Waals surface area contributed by atoms with Gasteiger partial charge in [0.25, 0.3) is 0 Å². The average molecular weight is 287 g/mol. The van der Waals surface area contributed by atoms with Gasteiger partial charge in [-0.3, -0.25) is 0 Å². The zero-order chi connectivity index (χ0) is 15.2. The molecule has 2 aromatic rings. The van der Waals surface area contributed by atoms with Crippen molar-refractivity contribution >= 4 is 0 Å². The Morgan fingerprint density at radius 2 is 1.62 bits per heavy atom. The first-order valence-electron chi connectivity index (χ1n) is 7.29. The van der Waals surface area contributed by atoms with Gasteiger partial charge in [-0.1, -0.05) is 62.4 Å². The zero-order valence-corrected chi connectivity index (χ0v) is 12.5. The van der Waals surface area contributed by atoms with E-state index in [0.717, 1.165) is 5.56 Å². The third kappa shape index (κ3) is 4.13. The number of aliphatic hydroxyl groups is 1. The molecule has 21 heavy (non-hydrogen) atoms. The third-order valence-corrected chi connectivity index (χ3v) is 3.69. The van der Waals surface area contributed by atoms with Crippen LogP contribution in [0.1, 0.15) is 31.1 Å². The van der Waals surface area contributed by atoms with Crippen molar-refractivity contribution in [2.24, 2.45) is 5.92 Å². The second-order valence-corrected chi connectivity index (χ2v) is 5.60. The Bertz CT molecular complexity index is 556. The highest BCUT2D eigenvalue weighted by Gasteiger charge is 2.23. The Balaban J connectivity index is 2.08. The molecule has 0 bridgehead atoms. The lowest BCUT2D eigenvalue weighted by Crippen LogP contribution is -2.39. The van der Waals surface area contributed by atoms with Gasteiger partial charge in [-0.05, 0) is 17.5 Å². The summed E-state index contributed by atoms with van der Waals surface area (Å²) in [7, 11) is 0. The van der Waals surface area contributed by atoms with E-state index in [-0.39, 0.29) is 17.8 Å². The molecule has 112 valence electrons. The molecule has 0 heterocycles. The molecule has 2 unspecified atom stereocenters. The largest absolute Gasteiger partial charge is 0.387 e. The smallest absolute Gasteiger partial charge is 0.127 e. The molecule has 0 aromatic heterocycles. The van der Waals surface area contributed by atoms with Crippen LogP contribution in [-0.4, -0.2) is 11.1 Å². The summed E-state index contributed by atoms with van der Waals surface area (Å²) in [6, 6.07) is 16.1. The van der Waals surface area contributed by atoms with E-state index in [1.165, 1.54) is 6.07 Å². The summed E-state index contributed by atoms with van der Waals surface area (Å²) in [6.45, 7) is 4.50. The van der Waals surface area contributed by atoms with Gasteiger partial charge in [0.15, 0.2) is 0 Å². The average Bonchev–Trinajstić information content (AvgIpc) is 2.49. The van der Waals surface area contributed by atoms with Crippen LogP contribution in [0.4, 0.5) is 4.39 Å². The predicted molar refractivity (Wildman–Crippen MR) is 83.3 cm³/mol. The summed E-state index contributed by atoms with van der Waals surface area (Å²) in [5.74, 6) is 0.00804. The van der Waals surface area contributed by atoms with Gasteiger partial charge >= 0.3 is 0 Å². The fourth-order valence-electron chi connectivity index (χ4n) is 2.44. The highest BCUT2D eigenvalue weighted by molar-refractivity contribution is 5.20. The topological polar surface area (TPSA) is 32.3 Å². The lowest BCUT2D eigenvalue weighted by Gasteiger charge is -2.28. The van der Waals surface area contributed by atoms with E-state index in [9.17, 15) is 9.50 Å². The normalized spacial score (nSPS) is 14.1. The highest BCUT2D eigenvalue weighted by atomic mass is 19.1. The van der Waals surface area contributed by atoms with Crippen molar-refractivity contribution in [3.05, 3.63) is 71.5 Å². The Labute approximate surface area is 125 Å². The highest BCUT2D eigenvalue weighted by Crippen LogP contribution is 2.22. The molecule has 0 radical (unpaired) electrons. The quantitative estimate of drug-likeness (QED) is 0.849. The summed E-state index contributed by atoms with van der Waals surface area (Å²) < 4.78 is 13.7. The molecule has 2 rings (SSSR count). The molecule has 0 aliphatic rings. The number of benzene rings is 2. The summed E-state index contributed by atoms with van der Waals surface area (Å²) in [6.07, 6.45) is -0.613. The van der Waals surface area contributed by atoms with E-state index in [4.69, 9.17) is 0 Å². The standard InChI is InChI=1S/C18H22FNO/c1-13(2)17(18(21)14-8-4-3-5-9-14)20-12-15-10-6-7-11-16(15)19/h3-11,13,17-18,20-21H,12H2,1-2H3. The number of nitrogens with one attached hydrogen (secondary N) is 1. The van der Waals surface area contributed by atoms with Gasteiger partial charge in [0, 0.05) is 18.2 Å². The van der Waals surface area contributed by atoms with Gasteiger partial charge in [-0.2, -0.15) is 0 Å². The summed E-state index contributed by atoms with van der Waals surface area (Å²) in [4.78, 5) is 0. The fourth-order valence-corrected chi connectivity index (χ4v) is 2.44. The molecule has 0 amide bonds. The number of hydrogen-bond acceptors (Lipinski definition) is 2. The summed E-state index contributed by atoms with van der Waals surface area (Å²) >= 11 is 0. The molecule has 0 spiro atoms. The van der Waals surface area contributed by atoms with E-state index >= 15 is 0 Å². The van der Waals surface area contributed by atoms with Crippen LogP contribution >= 0.6 is 0 Å². The van der Waals surface area contributed by atoms with Crippen LogP contribution in [0.3, 0.4) is 0 Å². The zero-order valence-electron chi connectivity index (χ0n) is 12.5. The Kier molecular flexibility index (Phi) is 5.48. The van der Waals surface area contributed by atoms with Gasteiger partial charge in [-0.25, -0.2) is 4.39 Å². The van der Waals surface area contributed by atoms with Gasteiger partial charge in [0.05, 0.1) is 6.10 Å². The van der Waals surface area contributed by atoms with Crippen LogP contribution in [0.5, 0.6) is 0 Å². The van der Waals surface area contributed by atoms with Gasteiger partial charge in [0.1, 0.15) is 5.82 Å². The number of hydrogen-bond donors (Lipinski definition) is 2. The molecule has 2 atom stereocenters. The SMILES string of the molecule is CC(C)C(NCc1ccccc1F)C(O)c1ccccc1. The molecule has 2 nitrogen and oxygen atoms in total. The number of aliphatic hydroxyl groups excluding tert-OH is 1. The van der Waals surface area contributed by atoms with Crippen molar-refractivity contribution in [3.8, 4) is 0 Å². The van der Waals surface area contributed by atoms with E-state index in [2.05, 4.69) is 5.32 Å². The van der Waals surface area contributed by atoms with Crippen LogP contribution < -0.4 is 5.32 Å². The predicted octanol–water partition coefficient (Wildman–Crippen LogP) is 3.67. The minimum Gasteiger partial charge on any atom is -0.387 e. The first kappa shape index (κ1) is 15.7. The lowest BCUT2D eigenvalue weighted by atomic mass is 9.93. The molecule has 0 saturated heterocycles. The van der Waals surface area contributed by atoms with Crippen molar-refractivity contribution in [2.75, 3.05) is 0 Å². The van der Waals surface area contributed by atoms with E-state index < -0.39 is 6.10 Å². The van der Waals surface area contributed by atoms with Gasteiger partial charge in [0.2, 0.25) is 0 Å². The van der Waals surface area contributed by atoms with Crippen molar-refractivity contribution in [3.63, 3.8) is 0 Å². The summed E-state index contributed by atoms with van der Waals surface area (Å²) in [5.41, 5.74) is 1.49. The first-order valence-corrected chi connectivity index (χ1v) is 7.29. The first-order chi connectivity index (χ1) is 10.1. The molecular weight excluding hydrogens is 265 g/mol. The fraction of sp³-hybridized carbons (Fsp3) is 0.333. The van der Waals surface area contributed by atoms with Crippen molar-refractivity contribution in [2.45, 2.75) is 32.5 Å². The van der Waals surface area contributed by atoms with E-state index in [1.54, 1.807) is 12.1 Å². The molecule has 0 aliphatic heterocycles. The molecular formula is C18H22FNO. The van der Waals surface area contributed by atoms with E-state index in [1.807, 2.05) is 50.2 Å². The Morgan fingerprint density at radius 1 is 1.00 bits per heavy atom. The molecule has 0 saturated carbocycles. The summed E-state index contributed by atoms with van der Waals surface area (Å²) in [5, 5.41) is 13.8. The Morgan fingerprint density at radius 3 is 2.24 bits per heavy atom. The molecule has 0 fully saturated rings. The Hall–Kier alpha value is -1.71. The van der Waals surface area contributed by atoms with Crippen molar-refractivity contribution in [1.82, 2.24) is 5.32 Å².